The van der Waals surface area contributed by atoms with Gasteiger partial charge in [0.15, 0.2) is 5.78 Å². The Labute approximate surface area is 81.7 Å². The van der Waals surface area contributed by atoms with Crippen molar-refractivity contribution in [2.45, 2.75) is 12.8 Å². The third-order valence-electron chi connectivity index (χ3n) is 2.23. The number of nitrogens with two attached hydrogens (primary N) is 1. The van der Waals surface area contributed by atoms with E-state index in [0.717, 1.165) is 12.8 Å². The second kappa shape index (κ2) is 3.04. The molecule has 1 aromatic carbocycles. The Morgan fingerprint density at radius 3 is 2.69 bits per heavy atom. The largest absolute Gasteiger partial charge is 0.398 e. The molecule has 0 radical (unpaired) electrons. The van der Waals surface area contributed by atoms with Crippen LogP contribution >= 0.6 is 11.6 Å². The third-order valence-corrected chi connectivity index (χ3v) is 2.57. The Kier molecular flexibility index (Phi) is 2.00. The fourth-order valence-electron chi connectivity index (χ4n) is 1.28. The van der Waals surface area contributed by atoms with Gasteiger partial charge in [-0.1, -0.05) is 11.6 Å². The van der Waals surface area contributed by atoms with E-state index >= 15 is 0 Å². The van der Waals surface area contributed by atoms with Gasteiger partial charge in [0.05, 0.1) is 10.7 Å². The maximum Gasteiger partial charge on any atom is 0.166 e. The van der Waals surface area contributed by atoms with Gasteiger partial charge in [-0.25, -0.2) is 0 Å². The Morgan fingerprint density at radius 2 is 2.15 bits per heavy atom. The van der Waals surface area contributed by atoms with Crippen molar-refractivity contribution >= 4 is 23.1 Å². The van der Waals surface area contributed by atoms with Gasteiger partial charge in [-0.15, -0.1) is 0 Å². The minimum atomic E-state index is 0.198. The molecule has 0 bridgehead atoms. The highest BCUT2D eigenvalue weighted by molar-refractivity contribution is 6.33. The zero-order chi connectivity index (χ0) is 9.42. The summed E-state index contributed by atoms with van der Waals surface area (Å²) < 4.78 is 0. The Hall–Kier alpha value is -1.02. The van der Waals surface area contributed by atoms with Crippen LogP contribution in [0.3, 0.4) is 0 Å². The third kappa shape index (κ3) is 1.68. The summed E-state index contributed by atoms with van der Waals surface area (Å²) >= 11 is 5.74. The van der Waals surface area contributed by atoms with Crippen molar-refractivity contribution in [3.63, 3.8) is 0 Å². The van der Waals surface area contributed by atoms with Crippen LogP contribution in [0, 0.1) is 5.92 Å². The summed E-state index contributed by atoms with van der Waals surface area (Å²) in [4.78, 5) is 11.6. The summed E-state index contributed by atoms with van der Waals surface area (Å²) in [6.45, 7) is 0. The molecule has 1 saturated carbocycles. The lowest BCUT2D eigenvalue weighted by Gasteiger charge is -2.01. The molecule has 0 atom stereocenters. The summed E-state index contributed by atoms with van der Waals surface area (Å²) in [7, 11) is 0. The topological polar surface area (TPSA) is 43.1 Å². The number of anilines is 1. The standard InChI is InChI=1S/C10H10ClNO/c11-8-4-3-7(5-9(8)12)10(13)6-1-2-6/h3-6H,1-2,12H2. The highest BCUT2D eigenvalue weighted by Gasteiger charge is 2.30. The maximum absolute atomic E-state index is 11.6. The molecule has 13 heavy (non-hydrogen) atoms. The average molecular weight is 196 g/mol. The summed E-state index contributed by atoms with van der Waals surface area (Å²) in [5, 5.41) is 0.507. The lowest BCUT2D eigenvalue weighted by atomic mass is 10.1. The van der Waals surface area contributed by atoms with E-state index in [2.05, 4.69) is 0 Å². The van der Waals surface area contributed by atoms with E-state index in [1.165, 1.54) is 0 Å². The molecule has 1 aliphatic carbocycles. The van der Waals surface area contributed by atoms with Crippen LogP contribution in [-0.4, -0.2) is 5.78 Å². The summed E-state index contributed by atoms with van der Waals surface area (Å²) in [6, 6.07) is 5.06. The smallest absolute Gasteiger partial charge is 0.166 e. The molecule has 0 heterocycles. The molecule has 1 fully saturated rings. The molecule has 0 saturated heterocycles. The normalized spacial score (nSPS) is 15.8. The van der Waals surface area contributed by atoms with Gasteiger partial charge < -0.3 is 5.73 Å². The highest BCUT2D eigenvalue weighted by atomic mass is 35.5. The van der Waals surface area contributed by atoms with Crippen molar-refractivity contribution in [3.8, 4) is 0 Å². The first kappa shape index (κ1) is 8.57. The lowest BCUT2D eigenvalue weighted by molar-refractivity contribution is 0.0967. The molecule has 0 amide bonds. The van der Waals surface area contributed by atoms with Crippen molar-refractivity contribution < 1.29 is 4.79 Å². The van der Waals surface area contributed by atoms with E-state index in [1.807, 2.05) is 0 Å². The molecule has 0 spiro atoms. The number of hydrogen-bond acceptors (Lipinski definition) is 2. The summed E-state index contributed by atoms with van der Waals surface area (Å²) in [5.41, 5.74) is 6.76. The van der Waals surface area contributed by atoms with Gasteiger partial charge in [-0.05, 0) is 31.0 Å². The molecule has 3 heteroatoms. The quantitative estimate of drug-likeness (QED) is 0.582. The first-order valence-electron chi connectivity index (χ1n) is 4.27. The van der Waals surface area contributed by atoms with Crippen LogP contribution in [0.2, 0.25) is 5.02 Å². The minimum absolute atomic E-state index is 0.198. The Balaban J connectivity index is 2.30. The van der Waals surface area contributed by atoms with Crippen molar-refractivity contribution in [1.29, 1.82) is 0 Å². The van der Waals surface area contributed by atoms with Gasteiger partial charge >= 0.3 is 0 Å². The van der Waals surface area contributed by atoms with E-state index in [4.69, 9.17) is 17.3 Å². The molecule has 68 valence electrons. The fourth-order valence-corrected chi connectivity index (χ4v) is 1.40. The molecule has 0 aliphatic heterocycles. The SMILES string of the molecule is Nc1cc(C(=O)C2CC2)ccc1Cl. The first-order chi connectivity index (χ1) is 6.18. The molecule has 0 aromatic heterocycles. The van der Waals surface area contributed by atoms with E-state index in [0.29, 0.717) is 16.3 Å². The first-order valence-corrected chi connectivity index (χ1v) is 4.65. The molecule has 1 aromatic rings. The minimum Gasteiger partial charge on any atom is -0.398 e. The van der Waals surface area contributed by atoms with Crippen molar-refractivity contribution in [3.05, 3.63) is 28.8 Å². The van der Waals surface area contributed by atoms with Gasteiger partial charge in [0.2, 0.25) is 0 Å². The predicted octanol–water partition coefficient (Wildman–Crippen LogP) is 2.51. The van der Waals surface area contributed by atoms with E-state index < -0.39 is 0 Å². The second-order valence-corrected chi connectivity index (χ2v) is 3.78. The number of ketones is 1. The van der Waals surface area contributed by atoms with E-state index in [1.54, 1.807) is 18.2 Å². The van der Waals surface area contributed by atoms with Crippen LogP contribution in [0.4, 0.5) is 5.69 Å². The fraction of sp³-hybridized carbons (Fsp3) is 0.300. The highest BCUT2D eigenvalue weighted by Crippen LogP contribution is 2.33. The molecule has 2 nitrogen and oxygen atoms in total. The Morgan fingerprint density at radius 1 is 1.46 bits per heavy atom. The van der Waals surface area contributed by atoms with Crippen molar-refractivity contribution in [1.82, 2.24) is 0 Å². The van der Waals surface area contributed by atoms with E-state index in [9.17, 15) is 4.79 Å². The van der Waals surface area contributed by atoms with Crippen LogP contribution in [0.1, 0.15) is 23.2 Å². The lowest BCUT2D eigenvalue weighted by Crippen LogP contribution is -2.02. The van der Waals surface area contributed by atoms with Gasteiger partial charge in [-0.2, -0.15) is 0 Å². The second-order valence-electron chi connectivity index (χ2n) is 3.37. The van der Waals surface area contributed by atoms with Crippen LogP contribution in [0.5, 0.6) is 0 Å². The number of halogens is 1. The number of Topliss-reactive ketones (excluding diaryl/α,β-unsaturated/α-hetero) is 1. The average Bonchev–Trinajstić information content (AvgIpc) is 2.91. The number of carbonyl (C=O) groups is 1. The van der Waals surface area contributed by atoms with Gasteiger partial charge in [0.1, 0.15) is 0 Å². The zero-order valence-electron chi connectivity index (χ0n) is 7.09. The van der Waals surface area contributed by atoms with Gasteiger partial charge in [0, 0.05) is 11.5 Å². The van der Waals surface area contributed by atoms with Crippen LogP contribution in [0.25, 0.3) is 0 Å². The maximum atomic E-state index is 11.6. The van der Waals surface area contributed by atoms with Gasteiger partial charge in [-0.3, -0.25) is 4.79 Å². The predicted molar refractivity (Wildman–Crippen MR) is 52.9 cm³/mol. The number of benzene rings is 1. The van der Waals surface area contributed by atoms with Crippen LogP contribution in [0.15, 0.2) is 18.2 Å². The molecule has 1 aliphatic rings. The molecule has 0 unspecified atom stereocenters. The number of nitrogen functional groups attached to an aromatic ring is 1. The molecular weight excluding hydrogens is 186 g/mol. The van der Waals surface area contributed by atoms with Crippen LogP contribution < -0.4 is 5.73 Å². The number of rotatable bonds is 2. The summed E-state index contributed by atoms with van der Waals surface area (Å²) in [5.74, 6) is 0.434. The van der Waals surface area contributed by atoms with Gasteiger partial charge in [0.25, 0.3) is 0 Å². The van der Waals surface area contributed by atoms with Crippen molar-refractivity contribution in [2.75, 3.05) is 5.73 Å². The molecular formula is C10H10ClNO. The monoisotopic (exact) mass is 195 g/mol. The Bertz CT molecular complexity index is 358. The molecule has 2 N–H and O–H groups in total. The van der Waals surface area contributed by atoms with Crippen LogP contribution in [-0.2, 0) is 0 Å². The van der Waals surface area contributed by atoms with E-state index in [-0.39, 0.29) is 11.7 Å². The number of carbonyl (C=O) groups excluding carboxylic acids is 1. The molecule has 2 rings (SSSR count). The van der Waals surface area contributed by atoms with Crippen molar-refractivity contribution in [2.24, 2.45) is 5.92 Å². The number of hydrogen-bond donors (Lipinski definition) is 1. The summed E-state index contributed by atoms with van der Waals surface area (Å²) in [6.07, 6.45) is 2.03. The zero-order valence-corrected chi connectivity index (χ0v) is 7.84.